The van der Waals surface area contributed by atoms with Crippen molar-refractivity contribution in [3.63, 3.8) is 0 Å². The molecule has 1 N–H and O–H groups in total. The quantitative estimate of drug-likeness (QED) is 0.725. The minimum Gasteiger partial charge on any atom is -0.336 e. The fraction of sp³-hybridized carbons (Fsp3) is 0.250. The molecule has 0 aliphatic heterocycles. The third kappa shape index (κ3) is 3.38. The predicted octanol–water partition coefficient (Wildman–Crippen LogP) is 3.77. The Morgan fingerprint density at radius 2 is 2.00 bits per heavy atom. The van der Waals surface area contributed by atoms with Crippen LogP contribution in [0.25, 0.3) is 6.08 Å². The summed E-state index contributed by atoms with van der Waals surface area (Å²) in [7, 11) is 0.0446. The van der Waals surface area contributed by atoms with Gasteiger partial charge >= 0.3 is 0 Å². The lowest BCUT2D eigenvalue weighted by molar-refractivity contribution is 1.11. The van der Waals surface area contributed by atoms with E-state index >= 15 is 0 Å². The molecular formula is C12H17NS. The average Bonchev–Trinajstić information content (AvgIpc) is 2.19. The van der Waals surface area contributed by atoms with Gasteiger partial charge in [-0.05, 0) is 24.1 Å². The minimum absolute atomic E-state index is 0.0446. The van der Waals surface area contributed by atoms with E-state index in [1.807, 2.05) is 6.08 Å². The van der Waals surface area contributed by atoms with E-state index in [0.717, 1.165) is 17.0 Å². The van der Waals surface area contributed by atoms with Crippen molar-refractivity contribution in [1.82, 2.24) is 0 Å². The lowest BCUT2D eigenvalue weighted by atomic mass is 10.2. The van der Waals surface area contributed by atoms with Gasteiger partial charge in [0.25, 0.3) is 0 Å². The number of anilines is 1. The lowest BCUT2D eigenvalue weighted by Crippen LogP contribution is -1.92. The maximum atomic E-state index is 4.06. The Bertz CT molecular complexity index is 314. The second kappa shape index (κ2) is 5.66. The summed E-state index contributed by atoms with van der Waals surface area (Å²) in [4.78, 5) is 0. The molecule has 14 heavy (non-hydrogen) atoms. The van der Waals surface area contributed by atoms with Crippen molar-refractivity contribution >= 4 is 28.3 Å². The second-order valence-corrected chi connectivity index (χ2v) is 4.72. The van der Waals surface area contributed by atoms with E-state index in [1.54, 1.807) is 0 Å². The van der Waals surface area contributed by atoms with Crippen LogP contribution in [0.5, 0.6) is 0 Å². The summed E-state index contributed by atoms with van der Waals surface area (Å²) in [6.45, 7) is 5.89. The molecule has 0 aliphatic carbocycles. The van der Waals surface area contributed by atoms with Crippen LogP contribution in [0.4, 0.5) is 5.69 Å². The van der Waals surface area contributed by atoms with Gasteiger partial charge < -0.3 is 4.72 Å². The van der Waals surface area contributed by atoms with Gasteiger partial charge in [-0.1, -0.05) is 37.6 Å². The van der Waals surface area contributed by atoms with Gasteiger partial charge in [0.2, 0.25) is 0 Å². The van der Waals surface area contributed by atoms with Crippen LogP contribution in [-0.2, 0) is 0 Å². The highest BCUT2D eigenvalue weighted by molar-refractivity contribution is 8.15. The van der Waals surface area contributed by atoms with Crippen LogP contribution in [0.2, 0.25) is 0 Å². The SMILES string of the molecule is C=Cc1ccc(NS(=C)CCC)cc1. The van der Waals surface area contributed by atoms with Gasteiger partial charge in [-0.15, -0.1) is 10.7 Å². The summed E-state index contributed by atoms with van der Waals surface area (Å²) in [5.41, 5.74) is 2.29. The molecule has 0 aromatic heterocycles. The van der Waals surface area contributed by atoms with Gasteiger partial charge in [-0.25, -0.2) is 0 Å². The largest absolute Gasteiger partial charge is 0.336 e. The highest BCUT2D eigenvalue weighted by Gasteiger charge is 1.93. The fourth-order valence-corrected chi connectivity index (χ4v) is 2.22. The van der Waals surface area contributed by atoms with Crippen LogP contribution in [0.15, 0.2) is 30.8 Å². The van der Waals surface area contributed by atoms with Crippen molar-refractivity contribution < 1.29 is 0 Å². The van der Waals surface area contributed by atoms with Crippen LogP contribution in [0.1, 0.15) is 18.9 Å². The van der Waals surface area contributed by atoms with Crippen molar-refractivity contribution in [2.75, 3.05) is 10.5 Å². The molecular weight excluding hydrogens is 190 g/mol. The Morgan fingerprint density at radius 1 is 1.36 bits per heavy atom. The molecule has 1 unspecified atom stereocenters. The predicted molar refractivity (Wildman–Crippen MR) is 70.0 cm³/mol. The van der Waals surface area contributed by atoms with Crippen molar-refractivity contribution in [3.8, 4) is 0 Å². The van der Waals surface area contributed by atoms with E-state index in [1.165, 1.54) is 6.42 Å². The first-order valence-corrected chi connectivity index (χ1v) is 6.32. The summed E-state index contributed by atoms with van der Waals surface area (Å²) >= 11 is 0. The molecule has 1 atom stereocenters. The zero-order valence-electron chi connectivity index (χ0n) is 8.62. The lowest BCUT2D eigenvalue weighted by Gasteiger charge is -2.09. The van der Waals surface area contributed by atoms with Crippen LogP contribution in [-0.4, -0.2) is 11.6 Å². The van der Waals surface area contributed by atoms with E-state index in [2.05, 4.69) is 48.4 Å². The minimum atomic E-state index is 0.0446. The van der Waals surface area contributed by atoms with Crippen LogP contribution >= 0.6 is 10.7 Å². The number of hydrogen-bond acceptors (Lipinski definition) is 1. The van der Waals surface area contributed by atoms with Gasteiger partial charge in [0.15, 0.2) is 0 Å². The van der Waals surface area contributed by atoms with E-state index in [0.29, 0.717) is 0 Å². The second-order valence-electron chi connectivity index (χ2n) is 3.13. The molecule has 0 spiro atoms. The van der Waals surface area contributed by atoms with E-state index < -0.39 is 0 Å². The highest BCUT2D eigenvalue weighted by Crippen LogP contribution is 2.18. The van der Waals surface area contributed by atoms with Gasteiger partial charge in [0.1, 0.15) is 0 Å². The number of benzene rings is 1. The Kier molecular flexibility index (Phi) is 4.47. The zero-order chi connectivity index (χ0) is 10.4. The molecule has 0 aliphatic rings. The third-order valence-electron chi connectivity index (χ3n) is 1.86. The van der Waals surface area contributed by atoms with Gasteiger partial charge in [0.05, 0.1) is 0 Å². The molecule has 0 heterocycles. The van der Waals surface area contributed by atoms with Crippen molar-refractivity contribution in [2.45, 2.75) is 13.3 Å². The van der Waals surface area contributed by atoms with Crippen LogP contribution in [0, 0.1) is 0 Å². The summed E-state index contributed by atoms with van der Waals surface area (Å²) in [6, 6.07) is 8.24. The maximum absolute atomic E-state index is 4.06. The average molecular weight is 207 g/mol. The smallest absolute Gasteiger partial charge is 0.0435 e. The molecule has 76 valence electrons. The molecule has 0 saturated carbocycles. The first-order valence-electron chi connectivity index (χ1n) is 4.76. The van der Waals surface area contributed by atoms with Gasteiger partial charge in [-0.3, -0.25) is 0 Å². The Hall–Kier alpha value is -1.02. The maximum Gasteiger partial charge on any atom is 0.0435 e. The Balaban J connectivity index is 2.59. The highest BCUT2D eigenvalue weighted by atomic mass is 32.2. The normalized spacial score (nSPS) is 12.1. The molecule has 1 aromatic rings. The molecule has 0 amide bonds. The Labute approximate surface area is 88.9 Å². The standard InChI is InChI=1S/C12H17NS/c1-4-10-14(3)13-12-8-6-11(5-2)7-9-12/h5-9,13H,2-4,10H2,1H3. The number of rotatable bonds is 5. The molecule has 1 nitrogen and oxygen atoms in total. The van der Waals surface area contributed by atoms with E-state index in [9.17, 15) is 0 Å². The topological polar surface area (TPSA) is 12.0 Å². The van der Waals surface area contributed by atoms with Gasteiger partial charge in [0, 0.05) is 11.4 Å². The van der Waals surface area contributed by atoms with Crippen LogP contribution < -0.4 is 4.72 Å². The van der Waals surface area contributed by atoms with E-state index in [4.69, 9.17) is 0 Å². The van der Waals surface area contributed by atoms with E-state index in [-0.39, 0.29) is 10.7 Å². The summed E-state index contributed by atoms with van der Waals surface area (Å²) in [5, 5.41) is 0. The van der Waals surface area contributed by atoms with Crippen LogP contribution in [0.3, 0.4) is 0 Å². The Morgan fingerprint density at radius 3 is 2.50 bits per heavy atom. The van der Waals surface area contributed by atoms with Gasteiger partial charge in [-0.2, -0.15) is 0 Å². The first-order chi connectivity index (χ1) is 6.76. The molecule has 0 saturated heterocycles. The molecule has 0 fully saturated rings. The summed E-state index contributed by atoms with van der Waals surface area (Å²) in [6.07, 6.45) is 3.02. The molecule has 0 bridgehead atoms. The fourth-order valence-electron chi connectivity index (χ4n) is 1.15. The molecule has 1 rings (SSSR count). The molecule has 0 radical (unpaired) electrons. The number of hydrogen-bond donors (Lipinski definition) is 1. The third-order valence-corrected chi connectivity index (χ3v) is 3.28. The molecule has 2 heteroatoms. The zero-order valence-corrected chi connectivity index (χ0v) is 9.44. The summed E-state index contributed by atoms with van der Waals surface area (Å²) in [5.74, 6) is 5.19. The summed E-state index contributed by atoms with van der Waals surface area (Å²) < 4.78 is 3.38. The monoisotopic (exact) mass is 207 g/mol. The molecule has 1 aromatic carbocycles. The number of nitrogens with one attached hydrogen (secondary N) is 1. The van der Waals surface area contributed by atoms with Crippen molar-refractivity contribution in [1.29, 1.82) is 0 Å². The van der Waals surface area contributed by atoms with Crippen molar-refractivity contribution in [3.05, 3.63) is 36.4 Å². The van der Waals surface area contributed by atoms with Crippen molar-refractivity contribution in [2.24, 2.45) is 0 Å². The first kappa shape index (κ1) is 11.1.